The number of rotatable bonds is 3. The van der Waals surface area contributed by atoms with Crippen molar-refractivity contribution in [3.8, 4) is 0 Å². The van der Waals surface area contributed by atoms with E-state index in [9.17, 15) is 22.8 Å². The first-order chi connectivity index (χ1) is 11.8. The van der Waals surface area contributed by atoms with Gasteiger partial charge >= 0.3 is 6.18 Å². The van der Waals surface area contributed by atoms with E-state index in [2.05, 4.69) is 10.6 Å². The largest absolute Gasteiger partial charge is 0.416 e. The molecule has 1 atom stereocenters. The molecule has 144 valence electrons. The second kappa shape index (κ2) is 7.84. The topological polar surface area (TPSA) is 61.4 Å². The first kappa shape index (κ1) is 20.5. The Balaban J connectivity index is 0.00000243. The van der Waals surface area contributed by atoms with Gasteiger partial charge in [-0.25, -0.2) is 0 Å². The Hall–Kier alpha value is -1.80. The van der Waals surface area contributed by atoms with Crippen LogP contribution in [0, 0.1) is 5.41 Å². The third-order valence-electron chi connectivity index (χ3n) is 4.98. The van der Waals surface area contributed by atoms with Crippen molar-refractivity contribution in [3.05, 3.63) is 35.4 Å². The van der Waals surface area contributed by atoms with Gasteiger partial charge in [0.15, 0.2) is 0 Å². The van der Waals surface area contributed by atoms with Gasteiger partial charge in [-0.1, -0.05) is 6.07 Å². The summed E-state index contributed by atoms with van der Waals surface area (Å²) in [6.07, 6.45) is -2.54. The van der Waals surface area contributed by atoms with Crippen LogP contribution in [-0.4, -0.2) is 49.4 Å². The van der Waals surface area contributed by atoms with Gasteiger partial charge in [-0.2, -0.15) is 13.2 Å². The average Bonchev–Trinajstić information content (AvgIpc) is 3.22. The molecule has 0 aromatic heterocycles. The van der Waals surface area contributed by atoms with Crippen molar-refractivity contribution in [2.75, 3.05) is 32.7 Å². The smallest absolute Gasteiger partial charge is 0.343 e. The maximum Gasteiger partial charge on any atom is 0.416 e. The Bertz CT molecular complexity index is 675. The van der Waals surface area contributed by atoms with Gasteiger partial charge in [-0.15, -0.1) is 12.4 Å². The summed E-state index contributed by atoms with van der Waals surface area (Å²) in [5.74, 6) is -0.889. The highest BCUT2D eigenvalue weighted by atomic mass is 35.5. The molecule has 1 unspecified atom stereocenters. The van der Waals surface area contributed by atoms with Crippen LogP contribution in [0.15, 0.2) is 24.3 Å². The van der Waals surface area contributed by atoms with E-state index >= 15 is 0 Å². The Kier molecular flexibility index (Phi) is 6.18. The molecule has 0 radical (unpaired) electrons. The molecular weight excluding hydrogens is 371 g/mol. The number of hydrogen-bond acceptors (Lipinski definition) is 3. The van der Waals surface area contributed by atoms with Gasteiger partial charge in [-0.3, -0.25) is 9.59 Å². The minimum Gasteiger partial charge on any atom is -0.343 e. The van der Waals surface area contributed by atoms with Crippen LogP contribution in [0.3, 0.4) is 0 Å². The van der Waals surface area contributed by atoms with Crippen LogP contribution in [0.25, 0.3) is 0 Å². The van der Waals surface area contributed by atoms with Crippen molar-refractivity contribution in [1.29, 1.82) is 0 Å². The quantitative estimate of drug-likeness (QED) is 0.829. The van der Waals surface area contributed by atoms with Crippen LogP contribution < -0.4 is 10.6 Å². The van der Waals surface area contributed by atoms with Crippen LogP contribution in [0.1, 0.15) is 28.8 Å². The molecule has 3 rings (SSSR count). The van der Waals surface area contributed by atoms with E-state index < -0.39 is 17.6 Å². The first-order valence-corrected chi connectivity index (χ1v) is 8.23. The summed E-state index contributed by atoms with van der Waals surface area (Å²) in [6.45, 7) is 2.96. The molecule has 2 aliphatic rings. The van der Waals surface area contributed by atoms with E-state index in [1.54, 1.807) is 4.90 Å². The fourth-order valence-electron chi connectivity index (χ4n) is 3.50. The second-order valence-corrected chi connectivity index (χ2v) is 6.75. The number of nitrogens with one attached hydrogen (secondary N) is 2. The number of carbonyl (C=O) groups is 2. The van der Waals surface area contributed by atoms with Crippen molar-refractivity contribution in [2.24, 2.45) is 5.41 Å². The molecule has 0 aliphatic carbocycles. The lowest BCUT2D eigenvalue weighted by Gasteiger charge is -2.22. The molecule has 1 aromatic carbocycles. The van der Waals surface area contributed by atoms with Gasteiger partial charge in [0.2, 0.25) is 5.91 Å². The number of likely N-dealkylation sites (tertiary alicyclic amines) is 1. The van der Waals surface area contributed by atoms with Gasteiger partial charge < -0.3 is 15.5 Å². The van der Waals surface area contributed by atoms with Crippen molar-refractivity contribution >= 4 is 24.2 Å². The molecule has 2 amide bonds. The Labute approximate surface area is 155 Å². The predicted octanol–water partition coefficient (Wildman–Crippen LogP) is 2.07. The van der Waals surface area contributed by atoms with E-state index in [1.807, 2.05) is 0 Å². The monoisotopic (exact) mass is 391 g/mol. The highest BCUT2D eigenvalue weighted by Crippen LogP contribution is 2.35. The Morgan fingerprint density at radius 1 is 1.27 bits per heavy atom. The third-order valence-corrected chi connectivity index (χ3v) is 4.98. The zero-order valence-corrected chi connectivity index (χ0v) is 14.9. The van der Waals surface area contributed by atoms with E-state index in [-0.39, 0.29) is 35.8 Å². The van der Waals surface area contributed by atoms with Crippen LogP contribution in [0.2, 0.25) is 0 Å². The van der Waals surface area contributed by atoms with Crippen LogP contribution in [0.4, 0.5) is 13.2 Å². The number of nitrogens with zero attached hydrogens (tertiary/aromatic N) is 1. The highest BCUT2D eigenvalue weighted by Gasteiger charge is 2.41. The van der Waals surface area contributed by atoms with Crippen molar-refractivity contribution in [3.63, 3.8) is 0 Å². The van der Waals surface area contributed by atoms with Crippen LogP contribution in [0.5, 0.6) is 0 Å². The fraction of sp³-hybridized carbons (Fsp3) is 0.529. The van der Waals surface area contributed by atoms with Crippen molar-refractivity contribution < 1.29 is 22.8 Å². The molecule has 26 heavy (non-hydrogen) atoms. The Morgan fingerprint density at radius 3 is 2.69 bits per heavy atom. The van der Waals surface area contributed by atoms with Crippen LogP contribution in [-0.2, 0) is 11.0 Å². The number of alkyl halides is 3. The number of amides is 2. The molecule has 5 nitrogen and oxygen atoms in total. The SMILES string of the molecule is Cl.O=C(NCC(=O)N1CCC2(CCNC2)C1)c1cccc(C(F)(F)F)c1. The summed E-state index contributed by atoms with van der Waals surface area (Å²) in [5, 5.41) is 5.72. The first-order valence-electron chi connectivity index (χ1n) is 8.23. The highest BCUT2D eigenvalue weighted by molar-refractivity contribution is 5.96. The molecule has 2 aliphatic heterocycles. The van der Waals surface area contributed by atoms with Crippen molar-refractivity contribution in [1.82, 2.24) is 15.5 Å². The van der Waals surface area contributed by atoms with Gasteiger partial charge in [0, 0.05) is 30.6 Å². The van der Waals surface area contributed by atoms with E-state index in [4.69, 9.17) is 0 Å². The van der Waals surface area contributed by atoms with E-state index in [0.29, 0.717) is 13.1 Å². The predicted molar refractivity (Wildman–Crippen MR) is 92.1 cm³/mol. The molecule has 2 N–H and O–H groups in total. The molecule has 2 fully saturated rings. The summed E-state index contributed by atoms with van der Waals surface area (Å²) >= 11 is 0. The Morgan fingerprint density at radius 2 is 2.04 bits per heavy atom. The minimum atomic E-state index is -4.51. The minimum absolute atomic E-state index is 0. The van der Waals surface area contributed by atoms with Gasteiger partial charge in [0.05, 0.1) is 12.1 Å². The lowest BCUT2D eigenvalue weighted by atomic mass is 9.87. The third kappa shape index (κ3) is 4.48. The second-order valence-electron chi connectivity index (χ2n) is 6.75. The molecule has 1 spiro atoms. The summed E-state index contributed by atoms with van der Waals surface area (Å²) in [5.41, 5.74) is -0.858. The van der Waals surface area contributed by atoms with E-state index in [0.717, 1.165) is 38.1 Å². The fourth-order valence-corrected chi connectivity index (χ4v) is 3.50. The summed E-state index contributed by atoms with van der Waals surface area (Å²) in [6, 6.07) is 4.16. The normalized spacial score (nSPS) is 22.3. The number of benzene rings is 1. The standard InChI is InChI=1S/C17H20F3N3O2.ClH/c18-17(19,20)13-3-1-2-12(8-13)15(25)22-9-14(24)23-7-5-16(11-23)4-6-21-10-16;/h1-3,8,21H,4-7,9-11H2,(H,22,25);1H. The molecule has 1 aromatic rings. The molecule has 0 bridgehead atoms. The maximum atomic E-state index is 12.7. The molecule has 0 saturated carbocycles. The summed E-state index contributed by atoms with van der Waals surface area (Å²) < 4.78 is 38.1. The zero-order chi connectivity index (χ0) is 18.1. The van der Waals surface area contributed by atoms with Crippen molar-refractivity contribution in [2.45, 2.75) is 19.0 Å². The zero-order valence-electron chi connectivity index (χ0n) is 14.1. The molecular formula is C17H21ClF3N3O2. The summed E-state index contributed by atoms with van der Waals surface area (Å²) in [4.78, 5) is 26.0. The van der Waals surface area contributed by atoms with E-state index in [1.165, 1.54) is 12.1 Å². The lowest BCUT2D eigenvalue weighted by molar-refractivity contribution is -0.137. The molecule has 2 saturated heterocycles. The lowest BCUT2D eigenvalue weighted by Crippen LogP contribution is -2.40. The number of halogens is 4. The van der Waals surface area contributed by atoms with Gasteiger partial charge in [0.1, 0.15) is 0 Å². The summed E-state index contributed by atoms with van der Waals surface area (Å²) in [7, 11) is 0. The van der Waals surface area contributed by atoms with Gasteiger partial charge in [-0.05, 0) is 37.6 Å². The average molecular weight is 392 g/mol. The van der Waals surface area contributed by atoms with Crippen LogP contribution >= 0.6 is 12.4 Å². The maximum absolute atomic E-state index is 12.7. The molecule has 9 heteroatoms. The number of carbonyl (C=O) groups excluding carboxylic acids is 2. The molecule has 2 heterocycles. The van der Waals surface area contributed by atoms with Gasteiger partial charge in [0.25, 0.3) is 5.91 Å². The number of hydrogen-bond donors (Lipinski definition) is 2.